The Hall–Kier alpha value is -2.70. The highest BCUT2D eigenvalue weighted by molar-refractivity contribution is 5.65. The monoisotopic (exact) mass is 409 g/mol. The Morgan fingerprint density at radius 1 is 1.20 bits per heavy atom. The normalized spacial score (nSPS) is 14.8. The molecule has 0 amide bonds. The molecule has 0 unspecified atom stereocenters. The molecule has 0 aliphatic heterocycles. The van der Waals surface area contributed by atoms with Gasteiger partial charge in [0.25, 0.3) is 0 Å². The molecular formula is C24H28FN3O2. The Kier molecular flexibility index (Phi) is 6.16. The summed E-state index contributed by atoms with van der Waals surface area (Å²) in [4.78, 5) is 2.32. The quantitative estimate of drug-likeness (QED) is 0.554. The fraction of sp³-hybridized carbons (Fsp3) is 0.375. The molecule has 1 N–H and O–H groups in total. The number of hydrogen-bond acceptors (Lipinski definition) is 4. The number of rotatable bonds is 9. The van der Waals surface area contributed by atoms with Crippen molar-refractivity contribution in [3.05, 3.63) is 66.0 Å². The molecule has 1 saturated carbocycles. The summed E-state index contributed by atoms with van der Waals surface area (Å²) in [5.74, 6) is 0.687. The zero-order valence-corrected chi connectivity index (χ0v) is 17.5. The average molecular weight is 410 g/mol. The highest BCUT2D eigenvalue weighted by Gasteiger charge is 2.32. The van der Waals surface area contributed by atoms with Crippen molar-refractivity contribution in [3.63, 3.8) is 0 Å². The SMILES string of the molecule is CC[C@@H](O)CN(Cc1c(-c2ccccc2)nn(C)c1Oc1cccc(F)c1)C1CC1. The van der Waals surface area contributed by atoms with Crippen molar-refractivity contribution in [2.24, 2.45) is 7.05 Å². The van der Waals surface area contributed by atoms with E-state index in [1.165, 1.54) is 12.1 Å². The first-order valence-electron chi connectivity index (χ1n) is 10.5. The molecule has 2 aromatic carbocycles. The predicted octanol–water partition coefficient (Wildman–Crippen LogP) is 4.75. The van der Waals surface area contributed by atoms with Gasteiger partial charge in [0.05, 0.1) is 11.7 Å². The second kappa shape index (κ2) is 8.98. The van der Waals surface area contributed by atoms with Crippen LogP contribution in [-0.4, -0.2) is 38.5 Å². The summed E-state index contributed by atoms with van der Waals surface area (Å²) in [6.07, 6.45) is 2.62. The van der Waals surface area contributed by atoms with Gasteiger partial charge < -0.3 is 9.84 Å². The molecule has 4 rings (SSSR count). The van der Waals surface area contributed by atoms with Gasteiger partial charge in [0, 0.05) is 37.8 Å². The second-order valence-electron chi connectivity index (χ2n) is 7.90. The topological polar surface area (TPSA) is 50.5 Å². The standard InChI is InChI=1S/C24H28FN3O2/c1-3-20(29)15-28(19-12-13-19)16-22-23(17-8-5-4-6-9-17)26-27(2)24(22)30-21-11-7-10-18(25)14-21/h4-11,14,19-20,29H,3,12-13,15-16H2,1-2H3/t20-/m1/s1. The van der Waals surface area contributed by atoms with Crippen molar-refractivity contribution in [2.45, 2.75) is 44.9 Å². The van der Waals surface area contributed by atoms with Gasteiger partial charge in [-0.25, -0.2) is 9.07 Å². The van der Waals surface area contributed by atoms with Crippen LogP contribution in [0.2, 0.25) is 0 Å². The zero-order valence-electron chi connectivity index (χ0n) is 17.5. The number of halogens is 1. The summed E-state index contributed by atoms with van der Waals surface area (Å²) in [5, 5.41) is 15.0. The van der Waals surface area contributed by atoms with E-state index >= 15 is 0 Å². The largest absolute Gasteiger partial charge is 0.439 e. The van der Waals surface area contributed by atoms with Crippen LogP contribution in [0.25, 0.3) is 11.3 Å². The van der Waals surface area contributed by atoms with Gasteiger partial charge in [-0.3, -0.25) is 4.90 Å². The van der Waals surface area contributed by atoms with Crippen LogP contribution in [-0.2, 0) is 13.6 Å². The molecule has 3 aromatic rings. The maximum absolute atomic E-state index is 13.7. The molecule has 1 aromatic heterocycles. The fourth-order valence-electron chi connectivity index (χ4n) is 3.68. The first-order chi connectivity index (χ1) is 14.5. The number of ether oxygens (including phenoxy) is 1. The Balaban J connectivity index is 1.73. The van der Waals surface area contributed by atoms with Crippen molar-refractivity contribution >= 4 is 0 Å². The highest BCUT2D eigenvalue weighted by Crippen LogP contribution is 2.37. The van der Waals surface area contributed by atoms with Gasteiger partial charge in [-0.15, -0.1) is 0 Å². The number of nitrogens with zero attached hydrogens (tertiary/aromatic N) is 3. The van der Waals surface area contributed by atoms with E-state index in [9.17, 15) is 9.50 Å². The number of aryl methyl sites for hydroxylation is 1. The maximum atomic E-state index is 13.7. The summed E-state index contributed by atoms with van der Waals surface area (Å²) >= 11 is 0. The zero-order chi connectivity index (χ0) is 21.1. The number of aromatic nitrogens is 2. The third-order valence-electron chi connectivity index (χ3n) is 5.49. The summed E-state index contributed by atoms with van der Waals surface area (Å²) in [6, 6.07) is 16.6. The molecule has 1 heterocycles. The van der Waals surface area contributed by atoms with Crippen LogP contribution < -0.4 is 4.74 Å². The minimum atomic E-state index is -0.366. The second-order valence-corrected chi connectivity index (χ2v) is 7.90. The fourth-order valence-corrected chi connectivity index (χ4v) is 3.68. The summed E-state index contributed by atoms with van der Waals surface area (Å²) < 4.78 is 21.5. The van der Waals surface area contributed by atoms with Gasteiger partial charge in [-0.05, 0) is 31.4 Å². The minimum Gasteiger partial charge on any atom is -0.439 e. The molecule has 1 atom stereocenters. The molecule has 0 spiro atoms. The molecule has 0 radical (unpaired) electrons. The first kappa shape index (κ1) is 20.6. The van der Waals surface area contributed by atoms with Gasteiger partial charge in [-0.1, -0.05) is 43.3 Å². The predicted molar refractivity (Wildman–Crippen MR) is 115 cm³/mol. The van der Waals surface area contributed by atoms with Crippen LogP contribution in [0.3, 0.4) is 0 Å². The van der Waals surface area contributed by atoms with E-state index in [0.29, 0.717) is 37.2 Å². The van der Waals surface area contributed by atoms with E-state index in [1.54, 1.807) is 16.8 Å². The molecule has 1 aliphatic carbocycles. The van der Waals surface area contributed by atoms with Crippen LogP contribution in [0.5, 0.6) is 11.6 Å². The van der Waals surface area contributed by atoms with Gasteiger partial charge in [0.1, 0.15) is 17.3 Å². The summed E-state index contributed by atoms with van der Waals surface area (Å²) in [6.45, 7) is 3.22. The minimum absolute atomic E-state index is 0.342. The van der Waals surface area contributed by atoms with Crippen molar-refractivity contribution < 1.29 is 14.2 Å². The molecule has 30 heavy (non-hydrogen) atoms. The molecule has 5 nitrogen and oxygen atoms in total. The third-order valence-corrected chi connectivity index (χ3v) is 5.49. The molecule has 1 fully saturated rings. The van der Waals surface area contributed by atoms with E-state index in [4.69, 9.17) is 9.84 Å². The average Bonchev–Trinajstić information content (AvgIpc) is 3.55. The highest BCUT2D eigenvalue weighted by atomic mass is 19.1. The number of aliphatic hydroxyl groups is 1. The molecule has 158 valence electrons. The Morgan fingerprint density at radius 2 is 1.97 bits per heavy atom. The van der Waals surface area contributed by atoms with Crippen LogP contribution >= 0.6 is 0 Å². The Morgan fingerprint density at radius 3 is 2.63 bits per heavy atom. The molecule has 0 saturated heterocycles. The lowest BCUT2D eigenvalue weighted by atomic mass is 10.1. The number of aliphatic hydroxyl groups excluding tert-OH is 1. The van der Waals surface area contributed by atoms with E-state index < -0.39 is 0 Å². The van der Waals surface area contributed by atoms with E-state index in [-0.39, 0.29) is 11.9 Å². The molecule has 1 aliphatic rings. The van der Waals surface area contributed by atoms with Crippen LogP contribution in [0, 0.1) is 5.82 Å². The van der Waals surface area contributed by atoms with Crippen molar-refractivity contribution in [3.8, 4) is 22.9 Å². The number of benzene rings is 2. The lowest BCUT2D eigenvalue weighted by molar-refractivity contribution is 0.101. The van der Waals surface area contributed by atoms with Gasteiger partial charge in [0.2, 0.25) is 5.88 Å². The van der Waals surface area contributed by atoms with Crippen LogP contribution in [0.4, 0.5) is 4.39 Å². The number of hydrogen-bond donors (Lipinski definition) is 1. The van der Waals surface area contributed by atoms with Crippen molar-refractivity contribution in [2.75, 3.05) is 6.54 Å². The lowest BCUT2D eigenvalue weighted by Crippen LogP contribution is -2.33. The van der Waals surface area contributed by atoms with E-state index in [0.717, 1.165) is 29.7 Å². The summed E-state index contributed by atoms with van der Waals surface area (Å²) in [5.41, 5.74) is 2.80. The Labute approximate surface area is 176 Å². The smallest absolute Gasteiger partial charge is 0.222 e. The van der Waals surface area contributed by atoms with Gasteiger partial charge in [0.15, 0.2) is 0 Å². The van der Waals surface area contributed by atoms with E-state index in [2.05, 4.69) is 4.90 Å². The lowest BCUT2D eigenvalue weighted by Gasteiger charge is -2.25. The van der Waals surface area contributed by atoms with Gasteiger partial charge in [-0.2, -0.15) is 5.10 Å². The van der Waals surface area contributed by atoms with Crippen LogP contribution in [0.15, 0.2) is 54.6 Å². The van der Waals surface area contributed by atoms with Crippen molar-refractivity contribution in [1.29, 1.82) is 0 Å². The third kappa shape index (κ3) is 4.71. The van der Waals surface area contributed by atoms with E-state index in [1.807, 2.05) is 44.3 Å². The molecular weight excluding hydrogens is 381 g/mol. The maximum Gasteiger partial charge on any atom is 0.222 e. The van der Waals surface area contributed by atoms with Crippen LogP contribution in [0.1, 0.15) is 31.7 Å². The Bertz CT molecular complexity index is 985. The summed E-state index contributed by atoms with van der Waals surface area (Å²) in [7, 11) is 1.84. The van der Waals surface area contributed by atoms with Gasteiger partial charge >= 0.3 is 0 Å². The molecule has 0 bridgehead atoms. The first-order valence-corrected chi connectivity index (χ1v) is 10.5. The molecule has 6 heteroatoms. The van der Waals surface area contributed by atoms with Crippen molar-refractivity contribution in [1.82, 2.24) is 14.7 Å².